The van der Waals surface area contributed by atoms with Gasteiger partial charge in [0.2, 0.25) is 5.89 Å². The number of carbonyl (C=O) groups is 2. The Bertz CT molecular complexity index is 1230. The predicted octanol–water partition coefficient (Wildman–Crippen LogP) is 5.50. The topological polar surface area (TPSA) is 116 Å². The quantitative estimate of drug-likeness (QED) is 0.482. The zero-order valence-corrected chi connectivity index (χ0v) is 19.5. The number of hydrogen-bond acceptors (Lipinski definition) is 5. The Kier molecular flexibility index (Phi) is 6.97. The van der Waals surface area contributed by atoms with Crippen molar-refractivity contribution in [1.82, 2.24) is 10.3 Å². The van der Waals surface area contributed by atoms with Crippen LogP contribution in [-0.4, -0.2) is 28.5 Å². The number of oxazole rings is 1. The third-order valence-electron chi connectivity index (χ3n) is 6.64. The fourth-order valence-corrected chi connectivity index (χ4v) is 4.67. The number of fused-ring (bicyclic) bond motifs is 1. The van der Waals surface area contributed by atoms with E-state index in [1.165, 1.54) is 0 Å². The van der Waals surface area contributed by atoms with Crippen molar-refractivity contribution in [3.63, 3.8) is 0 Å². The van der Waals surface area contributed by atoms with E-state index < -0.39 is 5.97 Å². The molecule has 1 aliphatic rings. The molecule has 2 aromatic carbocycles. The van der Waals surface area contributed by atoms with Crippen molar-refractivity contribution in [2.75, 3.05) is 6.54 Å². The average Bonchev–Trinajstić information content (AvgIpc) is 3.26. The predicted molar refractivity (Wildman–Crippen MR) is 128 cm³/mol. The van der Waals surface area contributed by atoms with Gasteiger partial charge in [-0.1, -0.05) is 13.8 Å². The van der Waals surface area contributed by atoms with E-state index in [2.05, 4.69) is 16.4 Å². The number of hydrogen-bond donors (Lipinski definition) is 2. The molecular formula is C27H29N3O4. The van der Waals surface area contributed by atoms with Crippen molar-refractivity contribution >= 4 is 23.0 Å². The van der Waals surface area contributed by atoms with Crippen LogP contribution in [0.4, 0.5) is 0 Å². The van der Waals surface area contributed by atoms with Crippen LogP contribution >= 0.6 is 0 Å². The second-order valence-corrected chi connectivity index (χ2v) is 9.47. The standard InChI is InChI=1S/C27H29N3O4/c1-16(2)22-11-19(14-28)12-23-25(22)34-27(30-23)21-9-7-20(8-10-21)26(33)29-15-18-5-3-17(4-6-18)13-24(31)32/h7-12,16-18H,3-6,13,15H2,1-2H3,(H,29,33)(H,31,32). The van der Waals surface area contributed by atoms with Gasteiger partial charge in [-0.05, 0) is 79.8 Å². The van der Waals surface area contributed by atoms with Gasteiger partial charge in [0, 0.05) is 29.7 Å². The largest absolute Gasteiger partial charge is 0.481 e. The first-order chi connectivity index (χ1) is 16.3. The molecule has 1 aromatic heterocycles. The molecule has 3 aromatic rings. The Balaban J connectivity index is 1.40. The van der Waals surface area contributed by atoms with Crippen molar-refractivity contribution in [2.45, 2.75) is 51.9 Å². The summed E-state index contributed by atoms with van der Waals surface area (Å²) in [5, 5.41) is 21.3. The molecule has 0 aliphatic heterocycles. The normalized spacial score (nSPS) is 18.1. The molecule has 1 heterocycles. The van der Waals surface area contributed by atoms with Crippen LogP contribution in [0.5, 0.6) is 0 Å². The number of amides is 1. The Morgan fingerprint density at radius 1 is 1.15 bits per heavy atom. The Labute approximate surface area is 198 Å². The maximum absolute atomic E-state index is 12.6. The van der Waals surface area contributed by atoms with Gasteiger partial charge in [-0.15, -0.1) is 0 Å². The highest BCUT2D eigenvalue weighted by molar-refractivity contribution is 5.94. The fourth-order valence-electron chi connectivity index (χ4n) is 4.67. The molecule has 4 rings (SSSR count). The van der Waals surface area contributed by atoms with Crippen molar-refractivity contribution < 1.29 is 19.1 Å². The maximum atomic E-state index is 12.6. The van der Waals surface area contributed by atoms with Crippen LogP contribution in [0.25, 0.3) is 22.6 Å². The van der Waals surface area contributed by atoms with Crippen LogP contribution < -0.4 is 5.32 Å². The number of carboxylic acid groups (broad SMARTS) is 1. The van der Waals surface area contributed by atoms with E-state index in [1.54, 1.807) is 18.2 Å². The van der Waals surface area contributed by atoms with Crippen LogP contribution in [0.3, 0.4) is 0 Å². The molecule has 2 N–H and O–H groups in total. The zero-order chi connectivity index (χ0) is 24.2. The second-order valence-electron chi connectivity index (χ2n) is 9.47. The summed E-state index contributed by atoms with van der Waals surface area (Å²) in [4.78, 5) is 28.1. The third-order valence-corrected chi connectivity index (χ3v) is 6.64. The van der Waals surface area contributed by atoms with Crippen molar-refractivity contribution in [3.8, 4) is 17.5 Å². The van der Waals surface area contributed by atoms with Gasteiger partial charge in [0.25, 0.3) is 5.91 Å². The molecule has 7 nitrogen and oxygen atoms in total. The number of benzene rings is 2. The summed E-state index contributed by atoms with van der Waals surface area (Å²) >= 11 is 0. The van der Waals surface area contributed by atoms with E-state index in [4.69, 9.17) is 9.52 Å². The van der Waals surface area contributed by atoms with Crippen LogP contribution in [0.15, 0.2) is 40.8 Å². The number of nitriles is 1. The first-order valence-corrected chi connectivity index (χ1v) is 11.8. The first kappa shape index (κ1) is 23.5. The maximum Gasteiger partial charge on any atom is 0.303 e. The molecule has 34 heavy (non-hydrogen) atoms. The number of carbonyl (C=O) groups excluding carboxylic acids is 1. The summed E-state index contributed by atoms with van der Waals surface area (Å²) in [5.74, 6) is 0.434. The lowest BCUT2D eigenvalue weighted by atomic mass is 9.80. The Hall–Kier alpha value is -3.66. The highest BCUT2D eigenvalue weighted by Gasteiger charge is 2.23. The summed E-state index contributed by atoms with van der Waals surface area (Å²) in [6, 6.07) is 12.9. The van der Waals surface area contributed by atoms with Gasteiger partial charge in [-0.25, -0.2) is 4.98 Å². The molecule has 176 valence electrons. The van der Waals surface area contributed by atoms with Crippen molar-refractivity contribution in [2.24, 2.45) is 11.8 Å². The molecule has 0 saturated heterocycles. The summed E-state index contributed by atoms with van der Waals surface area (Å²) < 4.78 is 6.05. The van der Waals surface area contributed by atoms with Crippen LogP contribution in [0.1, 0.15) is 73.4 Å². The Morgan fingerprint density at radius 3 is 2.44 bits per heavy atom. The molecular weight excluding hydrogens is 430 g/mol. The minimum Gasteiger partial charge on any atom is -0.481 e. The first-order valence-electron chi connectivity index (χ1n) is 11.8. The van der Waals surface area contributed by atoms with Crippen LogP contribution in [-0.2, 0) is 4.79 Å². The minimum atomic E-state index is -0.731. The number of aliphatic carboxylic acids is 1. The van der Waals surface area contributed by atoms with Gasteiger partial charge in [0.15, 0.2) is 5.58 Å². The molecule has 0 radical (unpaired) electrons. The van der Waals surface area contributed by atoms with E-state index in [9.17, 15) is 14.9 Å². The second kappa shape index (κ2) is 10.1. The summed E-state index contributed by atoms with van der Waals surface area (Å²) in [5.41, 5.74) is 4.16. The summed E-state index contributed by atoms with van der Waals surface area (Å²) in [6.45, 7) is 4.70. The number of carboxylic acids is 1. The molecule has 1 fully saturated rings. The van der Waals surface area contributed by atoms with Crippen molar-refractivity contribution in [1.29, 1.82) is 5.26 Å². The van der Waals surface area contributed by atoms with E-state index >= 15 is 0 Å². The van der Waals surface area contributed by atoms with E-state index in [0.29, 0.717) is 40.6 Å². The number of rotatable bonds is 7. The zero-order valence-electron chi connectivity index (χ0n) is 19.5. The lowest BCUT2D eigenvalue weighted by molar-refractivity contribution is -0.138. The van der Waals surface area contributed by atoms with Gasteiger partial charge >= 0.3 is 5.97 Å². The van der Waals surface area contributed by atoms with Crippen molar-refractivity contribution in [3.05, 3.63) is 53.1 Å². The van der Waals surface area contributed by atoms with Gasteiger partial charge in [-0.3, -0.25) is 9.59 Å². The number of aromatic nitrogens is 1. The van der Waals surface area contributed by atoms with E-state index in [1.807, 2.05) is 32.0 Å². The molecule has 7 heteroatoms. The fraction of sp³-hybridized carbons (Fsp3) is 0.407. The average molecular weight is 460 g/mol. The molecule has 0 atom stereocenters. The Morgan fingerprint density at radius 2 is 1.82 bits per heavy atom. The van der Waals surface area contributed by atoms with E-state index in [0.717, 1.165) is 36.8 Å². The van der Waals surface area contributed by atoms with Gasteiger partial charge in [0.05, 0.1) is 11.6 Å². The SMILES string of the molecule is CC(C)c1cc(C#N)cc2nc(-c3ccc(C(=O)NCC4CCC(CC(=O)O)CC4)cc3)oc12. The molecule has 1 aliphatic carbocycles. The van der Waals surface area contributed by atoms with Gasteiger partial charge < -0.3 is 14.8 Å². The molecule has 0 bridgehead atoms. The molecule has 1 saturated carbocycles. The highest BCUT2D eigenvalue weighted by atomic mass is 16.4. The van der Waals surface area contributed by atoms with E-state index in [-0.39, 0.29) is 24.2 Å². The minimum absolute atomic E-state index is 0.127. The molecule has 0 spiro atoms. The van der Waals surface area contributed by atoms with Crippen LogP contribution in [0, 0.1) is 23.2 Å². The lowest BCUT2D eigenvalue weighted by Crippen LogP contribution is -2.31. The smallest absolute Gasteiger partial charge is 0.303 e. The van der Waals surface area contributed by atoms with Crippen LogP contribution in [0.2, 0.25) is 0 Å². The monoisotopic (exact) mass is 459 g/mol. The highest BCUT2D eigenvalue weighted by Crippen LogP contribution is 2.32. The molecule has 0 unspecified atom stereocenters. The number of nitrogens with zero attached hydrogens (tertiary/aromatic N) is 2. The third kappa shape index (κ3) is 5.28. The number of nitrogens with one attached hydrogen (secondary N) is 1. The molecule has 1 amide bonds. The summed E-state index contributed by atoms with van der Waals surface area (Å²) in [7, 11) is 0. The summed E-state index contributed by atoms with van der Waals surface area (Å²) in [6.07, 6.45) is 3.94. The lowest BCUT2D eigenvalue weighted by Gasteiger charge is -2.27. The van der Waals surface area contributed by atoms with Gasteiger partial charge in [0.1, 0.15) is 5.52 Å². The van der Waals surface area contributed by atoms with Gasteiger partial charge in [-0.2, -0.15) is 5.26 Å².